The van der Waals surface area contributed by atoms with Gasteiger partial charge in [-0.25, -0.2) is 13.8 Å². The van der Waals surface area contributed by atoms with Gasteiger partial charge in [0.25, 0.3) is 0 Å². The van der Waals surface area contributed by atoms with Gasteiger partial charge >= 0.3 is 0 Å². The highest BCUT2D eigenvalue weighted by Gasteiger charge is 2.25. The molecule has 9 nitrogen and oxygen atoms in total. The van der Waals surface area contributed by atoms with E-state index in [1.54, 1.807) is 36.7 Å². The lowest BCUT2D eigenvalue weighted by Gasteiger charge is -2.11. The number of pyridine rings is 1. The van der Waals surface area contributed by atoms with Gasteiger partial charge in [0, 0.05) is 12.6 Å². The molecule has 0 bridgehead atoms. The van der Waals surface area contributed by atoms with Gasteiger partial charge in [-0.2, -0.15) is 4.80 Å². The molecule has 4 rings (SSSR count). The first kappa shape index (κ1) is 21.5. The summed E-state index contributed by atoms with van der Waals surface area (Å²) in [5.74, 6) is -1.78. The maximum Gasteiger partial charge on any atom is 0.182 e. The number of nitrogens with zero attached hydrogens (tertiary/aromatic N) is 6. The maximum absolute atomic E-state index is 13.9. The van der Waals surface area contributed by atoms with Gasteiger partial charge in [0.1, 0.15) is 23.9 Å². The van der Waals surface area contributed by atoms with Crippen LogP contribution in [0.3, 0.4) is 0 Å². The third kappa shape index (κ3) is 4.06. The van der Waals surface area contributed by atoms with E-state index in [1.807, 2.05) is 0 Å². The molecule has 3 aromatic heterocycles. The van der Waals surface area contributed by atoms with E-state index < -0.39 is 17.6 Å². The van der Waals surface area contributed by atoms with Crippen LogP contribution >= 0.6 is 0 Å². The lowest BCUT2D eigenvalue weighted by molar-refractivity contribution is 0.0951. The van der Waals surface area contributed by atoms with Gasteiger partial charge in [-0.15, -0.1) is 10.2 Å². The summed E-state index contributed by atoms with van der Waals surface area (Å²) < 4.78 is 35.0. The Hall–Kier alpha value is -3.73. The van der Waals surface area contributed by atoms with Gasteiger partial charge in [0.05, 0.1) is 30.8 Å². The summed E-state index contributed by atoms with van der Waals surface area (Å²) in [5, 5.41) is 21.4. The quantitative estimate of drug-likeness (QED) is 0.418. The predicted octanol–water partition coefficient (Wildman–Crippen LogP) is 2.37. The zero-order chi connectivity index (χ0) is 22.8. The van der Waals surface area contributed by atoms with Crippen LogP contribution in [0.15, 0.2) is 36.5 Å². The van der Waals surface area contributed by atoms with Crippen LogP contribution in [0.25, 0.3) is 5.65 Å². The smallest absolute Gasteiger partial charge is 0.182 e. The van der Waals surface area contributed by atoms with Crippen molar-refractivity contribution in [2.24, 2.45) is 7.05 Å². The molecule has 0 aliphatic rings. The second-order valence-corrected chi connectivity index (χ2v) is 7.24. The van der Waals surface area contributed by atoms with Gasteiger partial charge in [-0.1, -0.05) is 6.07 Å². The van der Waals surface area contributed by atoms with Gasteiger partial charge < -0.3 is 9.84 Å². The fourth-order valence-corrected chi connectivity index (χ4v) is 3.44. The normalized spacial score (nSPS) is 12.3. The molecule has 1 aromatic carbocycles. The number of aliphatic hydroxyl groups is 1. The van der Waals surface area contributed by atoms with Crippen LogP contribution in [-0.4, -0.2) is 47.1 Å². The summed E-state index contributed by atoms with van der Waals surface area (Å²) in [6.07, 6.45) is 1.59. The number of hydrogen-bond acceptors (Lipinski definition) is 7. The van der Waals surface area contributed by atoms with Gasteiger partial charge in [-0.05, 0) is 36.4 Å². The van der Waals surface area contributed by atoms with Crippen molar-refractivity contribution in [2.75, 3.05) is 6.61 Å². The Morgan fingerprint density at radius 2 is 1.97 bits per heavy atom. The number of tetrazole rings is 1. The topological polar surface area (TPSA) is 107 Å². The number of fused-ring (bicyclic) bond motifs is 1. The largest absolute Gasteiger partial charge is 0.485 e. The van der Waals surface area contributed by atoms with Crippen molar-refractivity contribution < 1.29 is 23.4 Å². The number of aliphatic hydroxyl groups excluding tert-OH is 1. The Morgan fingerprint density at radius 1 is 1.22 bits per heavy atom. The lowest BCUT2D eigenvalue weighted by atomic mass is 10.0. The van der Waals surface area contributed by atoms with Gasteiger partial charge in [0.2, 0.25) is 0 Å². The lowest BCUT2D eigenvalue weighted by Crippen LogP contribution is -2.15. The second kappa shape index (κ2) is 8.79. The minimum absolute atomic E-state index is 0.0532. The average molecular weight is 442 g/mol. The second-order valence-electron chi connectivity index (χ2n) is 7.24. The molecule has 0 saturated heterocycles. The zero-order valence-corrected chi connectivity index (χ0v) is 17.4. The summed E-state index contributed by atoms with van der Waals surface area (Å²) >= 11 is 0. The third-order valence-electron chi connectivity index (χ3n) is 5.03. The maximum atomic E-state index is 13.9. The van der Waals surface area contributed by atoms with Crippen molar-refractivity contribution in [1.82, 2.24) is 29.6 Å². The average Bonchev–Trinajstić information content (AvgIpc) is 3.34. The molecular formula is C21H20F2N6O3. The number of halogens is 2. The van der Waals surface area contributed by atoms with Crippen LogP contribution in [-0.2, 0) is 13.7 Å². The van der Waals surface area contributed by atoms with E-state index >= 15 is 0 Å². The molecule has 11 heteroatoms. The number of carbonyl (C=O) groups excluding carboxylic acids is 1. The molecule has 0 radical (unpaired) electrons. The Morgan fingerprint density at radius 3 is 2.62 bits per heavy atom. The van der Waals surface area contributed by atoms with Gasteiger partial charge in [0.15, 0.2) is 23.0 Å². The molecule has 3 heterocycles. The first-order valence-corrected chi connectivity index (χ1v) is 9.80. The number of rotatable bonds is 8. The molecule has 0 unspecified atom stereocenters. The zero-order valence-electron chi connectivity index (χ0n) is 17.4. The standard InChI is InChI=1S/C21H20F2N6O3/c1-12-19(17(31)9-13(10-30)20-25-27-28(2)26-20)29-8-4-7-18(21(29)24-12)32-11-14-15(22)5-3-6-16(14)23/h3-8,13,30H,9-11H2,1-2H3/t13-/m0/s1. The van der Waals surface area contributed by atoms with Crippen molar-refractivity contribution in [3.8, 4) is 5.75 Å². The molecule has 0 amide bonds. The summed E-state index contributed by atoms with van der Waals surface area (Å²) in [7, 11) is 1.59. The minimum Gasteiger partial charge on any atom is -0.485 e. The molecule has 1 N–H and O–H groups in total. The molecule has 0 spiro atoms. The summed E-state index contributed by atoms with van der Waals surface area (Å²) in [5.41, 5.74) is 0.899. The summed E-state index contributed by atoms with van der Waals surface area (Å²) in [6, 6.07) is 6.84. The molecule has 1 atom stereocenters. The van der Waals surface area contributed by atoms with E-state index in [0.717, 1.165) is 12.1 Å². The van der Waals surface area contributed by atoms with Gasteiger partial charge in [-0.3, -0.25) is 9.20 Å². The summed E-state index contributed by atoms with van der Waals surface area (Å²) in [4.78, 5) is 18.7. The van der Waals surface area contributed by atoms with Crippen LogP contribution in [0.1, 0.15) is 39.9 Å². The molecule has 32 heavy (non-hydrogen) atoms. The molecule has 0 aliphatic heterocycles. The minimum atomic E-state index is -0.708. The Balaban J connectivity index is 1.61. The third-order valence-corrected chi connectivity index (χ3v) is 5.03. The highest BCUT2D eigenvalue weighted by atomic mass is 19.1. The molecule has 0 aliphatic carbocycles. The van der Waals surface area contributed by atoms with E-state index in [4.69, 9.17) is 4.74 Å². The number of ketones is 1. The number of carbonyl (C=O) groups is 1. The Bertz CT molecular complexity index is 1270. The van der Waals surface area contributed by atoms with Crippen LogP contribution in [0.5, 0.6) is 5.75 Å². The van der Waals surface area contributed by atoms with Crippen molar-refractivity contribution in [1.29, 1.82) is 0 Å². The van der Waals surface area contributed by atoms with E-state index in [9.17, 15) is 18.7 Å². The first-order valence-electron chi connectivity index (χ1n) is 9.80. The van der Waals surface area contributed by atoms with Crippen molar-refractivity contribution >= 4 is 11.4 Å². The van der Waals surface area contributed by atoms with E-state index in [-0.39, 0.29) is 42.6 Å². The van der Waals surface area contributed by atoms with E-state index in [2.05, 4.69) is 20.4 Å². The SMILES string of the molecule is Cc1nc2c(OCc3c(F)cccc3F)cccn2c1C(=O)C[C@@H](CO)c1nnn(C)n1. The number of ether oxygens (including phenoxy) is 1. The first-order chi connectivity index (χ1) is 15.4. The van der Waals surface area contributed by atoms with Crippen molar-refractivity contribution in [3.05, 3.63) is 70.9 Å². The monoisotopic (exact) mass is 442 g/mol. The molecule has 4 aromatic rings. The number of Topliss-reactive ketones (excluding diaryl/α,β-unsaturated/α-hetero) is 1. The number of imidazole rings is 1. The number of benzene rings is 1. The Kier molecular flexibility index (Phi) is 5.91. The highest BCUT2D eigenvalue weighted by Crippen LogP contribution is 2.26. The van der Waals surface area contributed by atoms with Crippen molar-refractivity contribution in [2.45, 2.75) is 25.9 Å². The fourth-order valence-electron chi connectivity index (χ4n) is 3.44. The molecule has 0 saturated carbocycles. The Labute approximate surface area is 181 Å². The van der Waals surface area contributed by atoms with Crippen LogP contribution in [0.2, 0.25) is 0 Å². The van der Waals surface area contributed by atoms with Crippen LogP contribution in [0.4, 0.5) is 8.78 Å². The molecule has 166 valence electrons. The number of aryl methyl sites for hydroxylation is 2. The number of hydrogen-bond donors (Lipinski definition) is 1. The molecule has 0 fully saturated rings. The number of aromatic nitrogens is 6. The summed E-state index contributed by atoms with van der Waals surface area (Å²) in [6.45, 7) is 1.02. The van der Waals surface area contributed by atoms with Crippen LogP contribution < -0.4 is 4.74 Å². The fraction of sp³-hybridized carbons (Fsp3) is 0.286. The predicted molar refractivity (Wildman–Crippen MR) is 108 cm³/mol. The van der Waals surface area contributed by atoms with E-state index in [1.165, 1.54) is 10.9 Å². The van der Waals surface area contributed by atoms with Crippen molar-refractivity contribution in [3.63, 3.8) is 0 Å². The highest BCUT2D eigenvalue weighted by molar-refractivity contribution is 5.97. The molecular weight excluding hydrogens is 422 g/mol. The van der Waals surface area contributed by atoms with E-state index in [0.29, 0.717) is 17.0 Å². The van der Waals surface area contributed by atoms with Crippen LogP contribution in [0, 0.1) is 18.6 Å².